The largest absolute Gasteiger partial charge is 0.453 e. The van der Waals surface area contributed by atoms with Crippen LogP contribution in [0.4, 0.5) is 9.59 Å². The minimum absolute atomic E-state index is 0.0325. The number of aromatic nitrogens is 4. The molecule has 0 radical (unpaired) electrons. The molecular weight excluding hydrogens is 888 g/mol. The fourth-order valence-corrected chi connectivity index (χ4v) is 12.5. The highest BCUT2D eigenvalue weighted by Crippen LogP contribution is 2.62. The Hall–Kier alpha value is -2.98. The van der Waals surface area contributed by atoms with Crippen LogP contribution in [0.2, 0.25) is 10.0 Å². The number of ether oxygens (including phenoxy) is 4. The summed E-state index contributed by atoms with van der Waals surface area (Å²) in [5.41, 5.74) is 0.0650. The van der Waals surface area contributed by atoms with Gasteiger partial charge in [-0.3, -0.25) is 9.80 Å². The van der Waals surface area contributed by atoms with Crippen LogP contribution in [-0.4, -0.2) is 147 Å². The topological polar surface area (TPSA) is 221 Å². The number of nitrogens with zero attached hydrogens (tertiary/aromatic N) is 6. The highest BCUT2D eigenvalue weighted by Gasteiger charge is 2.61. The van der Waals surface area contributed by atoms with Gasteiger partial charge in [0.25, 0.3) is 0 Å². The molecule has 6 unspecified atom stereocenters. The van der Waals surface area contributed by atoms with Crippen molar-refractivity contribution >= 4 is 55.4 Å². The number of carbonyl (C=O) groups excluding carboxylic acids is 2. The number of likely N-dealkylation sites (tertiary alicyclic amines) is 2. The van der Waals surface area contributed by atoms with Crippen molar-refractivity contribution in [2.24, 2.45) is 11.8 Å². The van der Waals surface area contributed by atoms with E-state index in [1.54, 1.807) is 34.6 Å². The molecule has 344 valence electrons. The van der Waals surface area contributed by atoms with Crippen molar-refractivity contribution in [3.63, 3.8) is 0 Å². The zero-order chi connectivity index (χ0) is 44.8. The summed E-state index contributed by atoms with van der Waals surface area (Å²) in [4.78, 5) is 45.6. The molecule has 22 heteroatoms. The summed E-state index contributed by atoms with van der Waals surface area (Å²) in [6, 6.07) is -1.94. The summed E-state index contributed by atoms with van der Waals surface area (Å²) in [7, 11) is -4.17. The predicted molar refractivity (Wildman–Crippen MR) is 229 cm³/mol. The lowest BCUT2D eigenvalue weighted by Gasteiger charge is -2.32. The molecule has 6 aliphatic rings. The molecule has 6 fully saturated rings. The first-order valence-corrected chi connectivity index (χ1v) is 25.7. The Balaban J connectivity index is 0.000000186. The maximum absolute atomic E-state index is 12.3. The number of sulfonamides is 2. The van der Waals surface area contributed by atoms with Gasteiger partial charge in [-0.25, -0.2) is 55.8 Å². The molecule has 0 spiro atoms. The lowest BCUT2D eigenvalue weighted by molar-refractivity contribution is -0.0103. The van der Waals surface area contributed by atoms with Gasteiger partial charge in [-0.15, -0.1) is 0 Å². The summed E-state index contributed by atoms with van der Waals surface area (Å²) in [5.74, 6) is 2.66. The number of amides is 2. The summed E-state index contributed by atoms with van der Waals surface area (Å²) in [6.45, 7) is 4.29. The molecule has 2 saturated heterocycles. The normalized spacial score (nSPS) is 35.0. The van der Waals surface area contributed by atoms with Crippen molar-refractivity contribution < 1.29 is 45.4 Å². The number of nitrogens with one attached hydrogen (secondary N) is 2. The van der Waals surface area contributed by atoms with Crippen LogP contribution in [0.1, 0.15) is 89.7 Å². The summed E-state index contributed by atoms with van der Waals surface area (Å²) >= 11 is 11.8. The van der Waals surface area contributed by atoms with E-state index in [0.717, 1.165) is 75.5 Å². The SMILES string of the molecule is COC(=O)N1[C@H](C)C[C@H](NS(C)(=O)=O)[C@@H]1COC1CCC2(c3ncc(Cl)cn3)CC2C1.COC(=O)N1[C@H](C)C[C@H](NS(C)(=O)=O)[C@@H]1COC1CCC2(c3ncc(Cl)cn3)CC2C1. The third-order valence-corrected chi connectivity index (χ3v) is 15.7. The number of halogens is 2. The Morgan fingerprint density at radius 2 is 1.03 bits per heavy atom. The minimum atomic E-state index is -3.41. The van der Waals surface area contributed by atoms with E-state index in [0.29, 0.717) is 34.7 Å². The van der Waals surface area contributed by atoms with Crippen LogP contribution in [0.5, 0.6) is 0 Å². The summed E-state index contributed by atoms with van der Waals surface area (Å²) < 4.78 is 74.9. The Kier molecular flexibility index (Phi) is 14.0. The first-order valence-electron chi connectivity index (χ1n) is 21.1. The number of hydrogen-bond acceptors (Lipinski definition) is 14. The number of hydrogen-bond donors (Lipinski definition) is 2. The molecule has 2 amide bonds. The number of rotatable bonds is 12. The first-order chi connectivity index (χ1) is 29.3. The van der Waals surface area contributed by atoms with Crippen LogP contribution in [0.25, 0.3) is 0 Å². The molecular formula is C40H58Cl2N8O10S2. The Morgan fingerprint density at radius 1 is 0.677 bits per heavy atom. The van der Waals surface area contributed by atoms with Crippen LogP contribution in [0, 0.1) is 11.8 Å². The molecule has 0 aromatic carbocycles. The van der Waals surface area contributed by atoms with Gasteiger partial charge in [0, 0.05) is 59.8 Å². The van der Waals surface area contributed by atoms with Crippen molar-refractivity contribution in [2.45, 2.75) is 137 Å². The Labute approximate surface area is 374 Å². The van der Waals surface area contributed by atoms with Gasteiger partial charge in [-0.05, 0) is 89.9 Å². The van der Waals surface area contributed by atoms with E-state index in [9.17, 15) is 26.4 Å². The predicted octanol–water partition coefficient (Wildman–Crippen LogP) is 4.21. The molecule has 2 N–H and O–H groups in total. The van der Waals surface area contributed by atoms with Crippen molar-refractivity contribution in [3.8, 4) is 0 Å². The van der Waals surface area contributed by atoms with Crippen LogP contribution in [0.15, 0.2) is 24.8 Å². The molecule has 62 heavy (non-hydrogen) atoms. The molecule has 2 aromatic rings. The van der Waals surface area contributed by atoms with Crippen molar-refractivity contribution in [2.75, 3.05) is 39.9 Å². The van der Waals surface area contributed by atoms with E-state index >= 15 is 0 Å². The molecule has 18 nitrogen and oxygen atoms in total. The van der Waals surface area contributed by atoms with E-state index in [1.165, 1.54) is 14.2 Å². The molecule has 8 rings (SSSR count). The maximum Gasteiger partial charge on any atom is 0.410 e. The first kappa shape index (κ1) is 47.0. The van der Waals surface area contributed by atoms with E-state index in [4.69, 9.17) is 42.1 Å². The molecule has 0 bridgehead atoms. The molecule has 4 aliphatic carbocycles. The fraction of sp³-hybridized carbons (Fsp3) is 0.750. The number of methoxy groups -OCH3 is 2. The monoisotopic (exact) mass is 944 g/mol. The van der Waals surface area contributed by atoms with Crippen LogP contribution in [0.3, 0.4) is 0 Å². The smallest absolute Gasteiger partial charge is 0.410 e. The van der Waals surface area contributed by atoms with E-state index in [2.05, 4.69) is 29.4 Å². The van der Waals surface area contributed by atoms with Gasteiger partial charge in [0.2, 0.25) is 20.0 Å². The van der Waals surface area contributed by atoms with Crippen molar-refractivity contribution in [1.29, 1.82) is 0 Å². The van der Waals surface area contributed by atoms with E-state index < -0.39 is 56.4 Å². The fourth-order valence-electron chi connectivity index (χ4n) is 10.7. The van der Waals surface area contributed by atoms with Crippen LogP contribution in [-0.2, 0) is 49.8 Å². The lowest BCUT2D eigenvalue weighted by atomic mass is 9.86. The van der Waals surface area contributed by atoms with Crippen molar-refractivity contribution in [3.05, 3.63) is 46.5 Å². The number of carbonyl (C=O) groups is 2. The quantitative estimate of drug-likeness (QED) is 0.305. The second kappa shape index (κ2) is 18.5. The van der Waals surface area contributed by atoms with Gasteiger partial charge in [0.05, 0.1) is 74.3 Å². The Morgan fingerprint density at radius 3 is 1.34 bits per heavy atom. The van der Waals surface area contributed by atoms with Crippen LogP contribution < -0.4 is 9.44 Å². The maximum atomic E-state index is 12.3. The van der Waals surface area contributed by atoms with Gasteiger partial charge in [0.1, 0.15) is 11.6 Å². The average molecular weight is 946 g/mol. The van der Waals surface area contributed by atoms with E-state index in [1.807, 2.05) is 13.8 Å². The van der Waals surface area contributed by atoms with Gasteiger partial charge in [-0.1, -0.05) is 23.2 Å². The summed E-state index contributed by atoms with van der Waals surface area (Å²) in [6.07, 6.45) is 16.6. The molecule has 2 aliphatic heterocycles. The second-order valence-electron chi connectivity index (χ2n) is 18.1. The lowest BCUT2D eigenvalue weighted by Crippen LogP contribution is -2.50. The van der Waals surface area contributed by atoms with Gasteiger partial charge in [0.15, 0.2) is 0 Å². The molecule has 4 saturated carbocycles. The molecule has 2 aromatic heterocycles. The third-order valence-electron chi connectivity index (χ3n) is 13.8. The van der Waals surface area contributed by atoms with Crippen LogP contribution >= 0.6 is 23.2 Å². The van der Waals surface area contributed by atoms with Gasteiger partial charge in [-0.2, -0.15) is 0 Å². The summed E-state index contributed by atoms with van der Waals surface area (Å²) in [5, 5.41) is 1.07. The van der Waals surface area contributed by atoms with Crippen molar-refractivity contribution in [1.82, 2.24) is 39.2 Å². The second-order valence-corrected chi connectivity index (χ2v) is 22.5. The van der Waals surface area contributed by atoms with E-state index in [-0.39, 0.29) is 48.3 Å². The average Bonchev–Trinajstić information content (AvgIpc) is 4.08. The molecule has 4 heterocycles. The third kappa shape index (κ3) is 10.4. The highest BCUT2D eigenvalue weighted by molar-refractivity contribution is 7.89. The standard InChI is InChI=1S/2C20H29ClN4O5S/c2*1-12-6-16(24-31(3,27)28)17(25(12)19(26)29-2)11-30-15-4-5-20(8-13(20)7-15)18-22-9-14(21)10-23-18/h2*9-10,12-13,15-17,24H,4-8,11H2,1-3H3/t2*12-,13?,15?,16+,17+,20?/m11/s1. The number of fused-ring (bicyclic) bond motifs is 2. The van der Waals surface area contributed by atoms with Gasteiger partial charge < -0.3 is 18.9 Å². The van der Waals surface area contributed by atoms with Gasteiger partial charge >= 0.3 is 12.2 Å². The Bertz CT molecular complexity index is 2010. The zero-order valence-corrected chi connectivity index (χ0v) is 39.1. The minimum Gasteiger partial charge on any atom is -0.453 e. The highest BCUT2D eigenvalue weighted by atomic mass is 35.5. The zero-order valence-electron chi connectivity index (χ0n) is 35.9. The molecule has 12 atom stereocenters.